The van der Waals surface area contributed by atoms with Gasteiger partial charge in [-0.15, -0.1) is 0 Å². The zero-order valence-corrected chi connectivity index (χ0v) is 20.4. The van der Waals surface area contributed by atoms with Crippen molar-refractivity contribution >= 4 is 22.6 Å². The van der Waals surface area contributed by atoms with E-state index < -0.39 is 5.54 Å². The molecule has 4 aliphatic rings. The van der Waals surface area contributed by atoms with Crippen molar-refractivity contribution in [2.45, 2.75) is 57.2 Å². The van der Waals surface area contributed by atoms with Crippen LogP contribution < -0.4 is 11.2 Å². The Bertz CT molecular complexity index is 1270. The Labute approximate surface area is 206 Å². The summed E-state index contributed by atoms with van der Waals surface area (Å²) in [5, 5.41) is 3.06. The number of nitrogens with zero attached hydrogens (tertiary/aromatic N) is 5. The number of amidine groups is 1. The molecule has 2 fully saturated rings. The van der Waals surface area contributed by atoms with E-state index in [2.05, 4.69) is 36.4 Å². The Balaban J connectivity index is 1.29. The third-order valence-electron chi connectivity index (χ3n) is 7.73. The van der Waals surface area contributed by atoms with Crippen molar-refractivity contribution in [3.8, 4) is 0 Å². The third kappa shape index (κ3) is 3.90. The molecule has 6 rings (SSSR count). The first kappa shape index (κ1) is 22.2. The number of pyridine rings is 1. The summed E-state index contributed by atoms with van der Waals surface area (Å²) in [5.74, 6) is 1.88. The first-order valence-electron chi connectivity index (χ1n) is 12.7. The highest BCUT2D eigenvalue weighted by atomic mass is 16.2. The lowest BCUT2D eigenvalue weighted by molar-refractivity contribution is 0.0445. The SMILES string of the molecule is CC1=CN2NC(C)([C@@H]3CCCCN3C(=O)c3ccc4ccccc4n3)C=C2N=C1N1CC[C@H](N)C1. The van der Waals surface area contributed by atoms with Crippen LogP contribution in [0.5, 0.6) is 0 Å². The number of hydrogen-bond donors (Lipinski definition) is 2. The van der Waals surface area contributed by atoms with E-state index in [-0.39, 0.29) is 18.0 Å². The quantitative estimate of drug-likeness (QED) is 0.700. The van der Waals surface area contributed by atoms with E-state index in [1.165, 1.54) is 0 Å². The van der Waals surface area contributed by atoms with Gasteiger partial charge in [0.25, 0.3) is 5.91 Å². The number of rotatable bonds is 2. The lowest BCUT2D eigenvalue weighted by Crippen LogP contribution is -2.61. The molecule has 5 heterocycles. The molecule has 0 aliphatic carbocycles. The van der Waals surface area contributed by atoms with E-state index >= 15 is 0 Å². The first-order valence-corrected chi connectivity index (χ1v) is 12.7. The van der Waals surface area contributed by atoms with Crippen molar-refractivity contribution in [2.24, 2.45) is 10.7 Å². The minimum absolute atomic E-state index is 0.00249. The number of aliphatic imine (C=N–C) groups is 1. The maximum Gasteiger partial charge on any atom is 0.272 e. The molecule has 8 heteroatoms. The second kappa shape index (κ2) is 8.46. The monoisotopic (exact) mass is 471 g/mol. The van der Waals surface area contributed by atoms with Gasteiger partial charge in [0, 0.05) is 42.8 Å². The molecule has 0 spiro atoms. The van der Waals surface area contributed by atoms with Crippen LogP contribution in [0, 0.1) is 0 Å². The van der Waals surface area contributed by atoms with Gasteiger partial charge in [-0.1, -0.05) is 24.3 Å². The molecule has 2 aromatic rings. The predicted octanol–water partition coefficient (Wildman–Crippen LogP) is 3.00. The number of para-hydroxylation sites is 1. The molecule has 0 bridgehead atoms. The van der Waals surface area contributed by atoms with E-state index in [0.29, 0.717) is 5.69 Å². The van der Waals surface area contributed by atoms with E-state index in [0.717, 1.165) is 73.5 Å². The second-order valence-corrected chi connectivity index (χ2v) is 10.4. The summed E-state index contributed by atoms with van der Waals surface area (Å²) in [4.78, 5) is 27.7. The largest absolute Gasteiger partial charge is 0.355 e. The van der Waals surface area contributed by atoms with Crippen LogP contribution in [0.3, 0.4) is 0 Å². The fraction of sp³-hybridized carbons (Fsp3) is 0.444. The second-order valence-electron chi connectivity index (χ2n) is 10.4. The van der Waals surface area contributed by atoms with E-state index in [4.69, 9.17) is 15.7 Å². The maximum atomic E-state index is 13.7. The topological polar surface area (TPSA) is 90.1 Å². The van der Waals surface area contributed by atoms with E-state index in [9.17, 15) is 4.79 Å². The summed E-state index contributed by atoms with van der Waals surface area (Å²) < 4.78 is 0. The van der Waals surface area contributed by atoms with Crippen LogP contribution >= 0.6 is 0 Å². The normalized spacial score (nSPS) is 28.7. The molecular weight excluding hydrogens is 438 g/mol. The predicted molar refractivity (Wildman–Crippen MR) is 137 cm³/mol. The molecule has 1 aromatic carbocycles. The van der Waals surface area contributed by atoms with Gasteiger partial charge in [0.05, 0.1) is 17.1 Å². The number of benzene rings is 1. The third-order valence-corrected chi connectivity index (χ3v) is 7.73. The highest BCUT2D eigenvalue weighted by Gasteiger charge is 2.46. The number of aromatic nitrogens is 1. The summed E-state index contributed by atoms with van der Waals surface area (Å²) in [5.41, 5.74) is 11.8. The molecule has 3 N–H and O–H groups in total. The number of carbonyl (C=O) groups is 1. The molecule has 3 atom stereocenters. The number of amides is 1. The Hall–Kier alpha value is -3.23. The zero-order chi connectivity index (χ0) is 24.2. The molecular formula is C27H33N7O. The number of hydrazine groups is 1. The van der Waals surface area contributed by atoms with Crippen molar-refractivity contribution in [3.05, 3.63) is 65.8 Å². The van der Waals surface area contributed by atoms with Gasteiger partial charge < -0.3 is 15.5 Å². The lowest BCUT2D eigenvalue weighted by Gasteiger charge is -2.44. The fourth-order valence-corrected chi connectivity index (χ4v) is 5.92. The Morgan fingerprint density at radius 2 is 2.00 bits per heavy atom. The number of hydrogen-bond acceptors (Lipinski definition) is 7. The molecule has 1 amide bonds. The van der Waals surface area contributed by atoms with Gasteiger partial charge >= 0.3 is 0 Å². The average Bonchev–Trinajstić information content (AvgIpc) is 3.45. The average molecular weight is 472 g/mol. The molecule has 182 valence electrons. The van der Waals surface area contributed by atoms with Gasteiger partial charge in [0.15, 0.2) is 0 Å². The van der Waals surface area contributed by atoms with Gasteiger partial charge in [0.1, 0.15) is 17.4 Å². The Morgan fingerprint density at radius 1 is 1.14 bits per heavy atom. The van der Waals surface area contributed by atoms with Gasteiger partial charge in [-0.2, -0.15) is 0 Å². The zero-order valence-electron chi connectivity index (χ0n) is 20.4. The first-order chi connectivity index (χ1) is 16.9. The number of piperidine rings is 1. The maximum absolute atomic E-state index is 13.7. The summed E-state index contributed by atoms with van der Waals surface area (Å²) in [6.45, 7) is 6.77. The Kier molecular flexibility index (Phi) is 5.38. The number of fused-ring (bicyclic) bond motifs is 2. The smallest absolute Gasteiger partial charge is 0.272 e. The van der Waals surface area contributed by atoms with Crippen LogP contribution in [-0.4, -0.2) is 68.8 Å². The van der Waals surface area contributed by atoms with Crippen LogP contribution in [0.15, 0.2) is 65.1 Å². The molecule has 4 aliphatic heterocycles. The van der Waals surface area contributed by atoms with Gasteiger partial charge in [-0.25, -0.2) is 15.4 Å². The Morgan fingerprint density at radius 3 is 2.83 bits per heavy atom. The lowest BCUT2D eigenvalue weighted by atomic mass is 9.85. The van der Waals surface area contributed by atoms with Gasteiger partial charge in [0.2, 0.25) is 0 Å². The molecule has 2 saturated heterocycles. The molecule has 0 radical (unpaired) electrons. The molecule has 1 unspecified atom stereocenters. The van der Waals surface area contributed by atoms with Crippen LogP contribution in [0.25, 0.3) is 10.9 Å². The summed E-state index contributed by atoms with van der Waals surface area (Å²) in [6, 6.07) is 12.0. The highest BCUT2D eigenvalue weighted by molar-refractivity contribution is 5.99. The highest BCUT2D eigenvalue weighted by Crippen LogP contribution is 2.36. The van der Waals surface area contributed by atoms with Gasteiger partial charge in [-0.05, 0) is 57.7 Å². The minimum atomic E-state index is -0.431. The van der Waals surface area contributed by atoms with Crippen molar-refractivity contribution in [1.29, 1.82) is 0 Å². The number of carbonyl (C=O) groups excluding carboxylic acids is 1. The standard InChI is InChI=1S/C27H33N7O/c1-18-16-34-24(30-25(18)32-14-12-20(28)17-32)15-27(2,31-34)23-9-5-6-13-33(23)26(35)22-11-10-19-7-3-4-8-21(19)29-22/h3-4,7-8,10-11,15-16,20,23,31H,5-6,9,12-14,17,28H2,1-2H3/t20-,23-,27?/m0/s1. The molecule has 1 aromatic heterocycles. The fourth-order valence-electron chi connectivity index (χ4n) is 5.92. The van der Waals surface area contributed by atoms with Crippen molar-refractivity contribution in [2.75, 3.05) is 19.6 Å². The summed E-state index contributed by atoms with van der Waals surface area (Å²) >= 11 is 0. The summed E-state index contributed by atoms with van der Waals surface area (Å²) in [7, 11) is 0. The van der Waals surface area contributed by atoms with Crippen molar-refractivity contribution in [3.63, 3.8) is 0 Å². The molecule has 0 saturated carbocycles. The van der Waals surface area contributed by atoms with Crippen LogP contribution in [0.1, 0.15) is 50.0 Å². The minimum Gasteiger partial charge on any atom is -0.355 e. The van der Waals surface area contributed by atoms with Gasteiger partial charge in [-0.3, -0.25) is 9.80 Å². The van der Waals surface area contributed by atoms with E-state index in [1.807, 2.05) is 46.3 Å². The number of nitrogens with two attached hydrogens (primary N) is 1. The summed E-state index contributed by atoms with van der Waals surface area (Å²) in [6.07, 6.45) is 8.32. The van der Waals surface area contributed by atoms with Crippen LogP contribution in [0.2, 0.25) is 0 Å². The van der Waals surface area contributed by atoms with Crippen molar-refractivity contribution in [1.82, 2.24) is 25.2 Å². The molecule has 35 heavy (non-hydrogen) atoms. The van der Waals surface area contributed by atoms with Crippen LogP contribution in [-0.2, 0) is 0 Å². The van der Waals surface area contributed by atoms with E-state index in [1.54, 1.807) is 0 Å². The molecule has 8 nitrogen and oxygen atoms in total. The number of nitrogens with one attached hydrogen (secondary N) is 1. The van der Waals surface area contributed by atoms with Crippen LogP contribution in [0.4, 0.5) is 0 Å². The number of likely N-dealkylation sites (tertiary alicyclic amines) is 2. The van der Waals surface area contributed by atoms with Crippen molar-refractivity contribution < 1.29 is 4.79 Å².